The molecule has 6 heteroatoms. The van der Waals surface area contributed by atoms with E-state index in [9.17, 15) is 13.2 Å². The molecule has 2 rings (SSSR count). The highest BCUT2D eigenvalue weighted by Crippen LogP contribution is 2.21. The van der Waals surface area contributed by atoms with Gasteiger partial charge in [0.2, 0.25) is 0 Å². The van der Waals surface area contributed by atoms with Crippen molar-refractivity contribution in [3.8, 4) is 5.75 Å². The largest absolute Gasteiger partial charge is 0.497 e. The minimum absolute atomic E-state index is 0.107. The molecule has 0 amide bonds. The molecule has 0 radical (unpaired) electrons. The summed E-state index contributed by atoms with van der Waals surface area (Å²) in [7, 11) is -2.06. The monoisotopic (exact) mass is 280 g/mol. The summed E-state index contributed by atoms with van der Waals surface area (Å²) in [4.78, 5) is 10.6. The van der Waals surface area contributed by atoms with Crippen LogP contribution in [0.5, 0.6) is 5.75 Å². The predicted molar refractivity (Wildman–Crippen MR) is 68.0 cm³/mol. The lowest BCUT2D eigenvalue weighted by Crippen LogP contribution is -2.04. The Balaban J connectivity index is 2.28. The lowest BCUT2D eigenvalue weighted by Gasteiger charge is -2.05. The summed E-state index contributed by atoms with van der Waals surface area (Å²) in [6.45, 7) is 0. The molecule has 1 heterocycles. The van der Waals surface area contributed by atoms with Gasteiger partial charge in [-0.05, 0) is 30.3 Å². The van der Waals surface area contributed by atoms with Gasteiger partial charge in [0, 0.05) is 0 Å². The second kappa shape index (κ2) is 5.27. The van der Waals surface area contributed by atoms with E-state index >= 15 is 0 Å². The minimum atomic E-state index is -3.53. The zero-order valence-electron chi connectivity index (χ0n) is 10.2. The third kappa shape index (κ3) is 3.03. The van der Waals surface area contributed by atoms with E-state index in [-0.39, 0.29) is 22.2 Å². The molecule has 0 fully saturated rings. The van der Waals surface area contributed by atoms with E-state index in [4.69, 9.17) is 9.15 Å². The maximum atomic E-state index is 12.2. The highest BCUT2D eigenvalue weighted by atomic mass is 32.2. The number of hydrogen-bond acceptors (Lipinski definition) is 5. The number of furan rings is 1. The molecule has 0 saturated heterocycles. The quantitative estimate of drug-likeness (QED) is 0.784. The third-order valence-corrected chi connectivity index (χ3v) is 4.17. The lowest BCUT2D eigenvalue weighted by molar-refractivity contribution is 0.109. The summed E-state index contributed by atoms with van der Waals surface area (Å²) in [6, 6.07) is 9.10. The van der Waals surface area contributed by atoms with Crippen molar-refractivity contribution in [1.82, 2.24) is 0 Å². The van der Waals surface area contributed by atoms with Gasteiger partial charge in [-0.3, -0.25) is 4.79 Å². The van der Waals surface area contributed by atoms with Gasteiger partial charge in [0.25, 0.3) is 0 Å². The SMILES string of the molecule is COc1cccc(S(=O)(=O)Cc2ccc(C=O)o2)c1. The van der Waals surface area contributed by atoms with Crippen molar-refractivity contribution >= 4 is 16.1 Å². The van der Waals surface area contributed by atoms with Crippen molar-refractivity contribution in [3.05, 3.63) is 47.9 Å². The number of rotatable bonds is 5. The fraction of sp³-hybridized carbons (Fsp3) is 0.154. The van der Waals surface area contributed by atoms with Gasteiger partial charge in [-0.15, -0.1) is 0 Å². The first-order valence-electron chi connectivity index (χ1n) is 5.46. The molecule has 0 aliphatic rings. The second-order valence-electron chi connectivity index (χ2n) is 3.86. The van der Waals surface area contributed by atoms with Crippen LogP contribution in [0.1, 0.15) is 16.3 Å². The average Bonchev–Trinajstić information content (AvgIpc) is 2.85. The number of ether oxygens (including phenoxy) is 1. The number of carbonyl (C=O) groups excluding carboxylic acids is 1. The van der Waals surface area contributed by atoms with Gasteiger partial charge >= 0.3 is 0 Å². The molecule has 0 unspecified atom stereocenters. The van der Waals surface area contributed by atoms with Crippen molar-refractivity contribution in [2.24, 2.45) is 0 Å². The molecule has 0 aliphatic heterocycles. The lowest BCUT2D eigenvalue weighted by atomic mass is 10.3. The molecule has 0 N–H and O–H groups in total. The highest BCUT2D eigenvalue weighted by Gasteiger charge is 2.18. The van der Waals surface area contributed by atoms with Gasteiger partial charge in [0.1, 0.15) is 17.3 Å². The van der Waals surface area contributed by atoms with Crippen LogP contribution in [0.3, 0.4) is 0 Å². The van der Waals surface area contributed by atoms with Crippen LogP contribution in [-0.4, -0.2) is 21.8 Å². The Morgan fingerprint density at radius 3 is 2.68 bits per heavy atom. The molecule has 19 heavy (non-hydrogen) atoms. The summed E-state index contributed by atoms with van der Waals surface area (Å²) in [5.74, 6) is 0.503. The minimum Gasteiger partial charge on any atom is -0.497 e. The zero-order chi connectivity index (χ0) is 13.9. The van der Waals surface area contributed by atoms with Crippen LogP contribution in [0, 0.1) is 0 Å². The summed E-state index contributed by atoms with van der Waals surface area (Å²) in [5, 5.41) is 0. The van der Waals surface area contributed by atoms with E-state index < -0.39 is 9.84 Å². The number of benzene rings is 1. The van der Waals surface area contributed by atoms with Crippen molar-refractivity contribution in [2.45, 2.75) is 10.6 Å². The number of aldehydes is 1. The van der Waals surface area contributed by atoms with Crippen LogP contribution in [0.4, 0.5) is 0 Å². The van der Waals surface area contributed by atoms with Crippen molar-refractivity contribution in [1.29, 1.82) is 0 Å². The maximum Gasteiger partial charge on any atom is 0.185 e. The highest BCUT2D eigenvalue weighted by molar-refractivity contribution is 7.90. The Labute approximate surface area is 110 Å². The molecule has 0 saturated carbocycles. The molecule has 100 valence electrons. The van der Waals surface area contributed by atoms with E-state index in [0.717, 1.165) is 0 Å². The number of sulfone groups is 1. The average molecular weight is 280 g/mol. The van der Waals surface area contributed by atoms with E-state index in [0.29, 0.717) is 12.0 Å². The topological polar surface area (TPSA) is 73.6 Å². The summed E-state index contributed by atoms with van der Waals surface area (Å²) >= 11 is 0. The van der Waals surface area contributed by atoms with Gasteiger partial charge in [-0.2, -0.15) is 0 Å². The Kier molecular flexibility index (Phi) is 3.71. The maximum absolute atomic E-state index is 12.2. The Bertz CT molecular complexity index is 685. The van der Waals surface area contributed by atoms with Gasteiger partial charge in [-0.1, -0.05) is 6.07 Å². The Morgan fingerprint density at radius 1 is 1.26 bits per heavy atom. The van der Waals surface area contributed by atoms with Crippen LogP contribution in [0.15, 0.2) is 45.7 Å². The molecule has 1 aromatic heterocycles. The molecule has 0 aliphatic carbocycles. The molecule has 5 nitrogen and oxygen atoms in total. The molecule has 0 spiro atoms. The zero-order valence-corrected chi connectivity index (χ0v) is 11.0. The Morgan fingerprint density at radius 2 is 2.05 bits per heavy atom. The summed E-state index contributed by atoms with van der Waals surface area (Å²) in [5.41, 5.74) is 0. The fourth-order valence-corrected chi connectivity index (χ4v) is 2.88. The molecule has 1 aromatic carbocycles. The molecular weight excluding hydrogens is 268 g/mol. The molecule has 2 aromatic rings. The van der Waals surface area contributed by atoms with Gasteiger partial charge in [0.05, 0.1) is 12.0 Å². The van der Waals surface area contributed by atoms with Gasteiger partial charge in [0.15, 0.2) is 21.9 Å². The smallest absolute Gasteiger partial charge is 0.185 e. The van der Waals surface area contributed by atoms with Gasteiger partial charge in [-0.25, -0.2) is 8.42 Å². The molecular formula is C13H12O5S. The van der Waals surface area contributed by atoms with E-state index in [1.165, 1.54) is 31.4 Å². The van der Waals surface area contributed by atoms with Crippen LogP contribution in [-0.2, 0) is 15.6 Å². The van der Waals surface area contributed by atoms with Crippen molar-refractivity contribution in [2.75, 3.05) is 7.11 Å². The number of carbonyl (C=O) groups is 1. The predicted octanol–water partition coefficient (Wildman–Crippen LogP) is 2.07. The first kappa shape index (κ1) is 13.4. The van der Waals surface area contributed by atoms with E-state index in [2.05, 4.69) is 0 Å². The van der Waals surface area contributed by atoms with E-state index in [1.54, 1.807) is 12.1 Å². The summed E-state index contributed by atoms with van der Waals surface area (Å²) in [6.07, 6.45) is 0.529. The van der Waals surface area contributed by atoms with E-state index in [1.807, 2.05) is 0 Å². The first-order chi connectivity index (χ1) is 9.05. The van der Waals surface area contributed by atoms with Crippen LogP contribution in [0.25, 0.3) is 0 Å². The van der Waals surface area contributed by atoms with Crippen LogP contribution in [0.2, 0.25) is 0 Å². The molecule has 0 bridgehead atoms. The van der Waals surface area contributed by atoms with Crippen molar-refractivity contribution < 1.29 is 22.4 Å². The van der Waals surface area contributed by atoms with Crippen molar-refractivity contribution in [3.63, 3.8) is 0 Å². The first-order valence-corrected chi connectivity index (χ1v) is 7.11. The molecule has 0 atom stereocenters. The van der Waals surface area contributed by atoms with Crippen LogP contribution >= 0.6 is 0 Å². The Hall–Kier alpha value is -2.08. The van der Waals surface area contributed by atoms with Crippen LogP contribution < -0.4 is 4.74 Å². The summed E-state index contributed by atoms with van der Waals surface area (Å²) < 4.78 is 34.4. The normalized spacial score (nSPS) is 11.2. The third-order valence-electron chi connectivity index (χ3n) is 2.53. The fourth-order valence-electron chi connectivity index (χ4n) is 1.60. The number of hydrogen-bond donors (Lipinski definition) is 0. The number of methoxy groups -OCH3 is 1. The standard InChI is InChI=1S/C13H12O5S/c1-17-10-3-2-4-13(7-10)19(15,16)9-12-6-5-11(8-14)18-12/h2-8H,9H2,1H3. The second-order valence-corrected chi connectivity index (χ2v) is 5.85. The van der Waals surface area contributed by atoms with Gasteiger partial charge < -0.3 is 9.15 Å².